The number of nitrogens with one attached hydrogen (secondary N) is 1. The average Bonchev–Trinajstić information content (AvgIpc) is 2.58. The molecule has 0 heterocycles. The van der Waals surface area contributed by atoms with Crippen molar-refractivity contribution in [3.63, 3.8) is 0 Å². The average molecular weight is 300 g/mol. The van der Waals surface area contributed by atoms with Gasteiger partial charge in [0.1, 0.15) is 30.8 Å². The summed E-state index contributed by atoms with van der Waals surface area (Å²) in [5, 5.41) is 13.0. The van der Waals surface area contributed by atoms with Crippen molar-refractivity contribution < 1.29 is 14.6 Å². The Morgan fingerprint density at radius 3 is 2.27 bits per heavy atom. The van der Waals surface area contributed by atoms with E-state index < -0.39 is 6.10 Å². The predicted octanol–water partition coefficient (Wildman–Crippen LogP) is 2.65. The van der Waals surface area contributed by atoms with E-state index in [0.29, 0.717) is 6.54 Å². The van der Waals surface area contributed by atoms with E-state index in [1.54, 1.807) is 6.61 Å². The molecule has 4 heteroatoms. The van der Waals surface area contributed by atoms with Crippen LogP contribution in [0.25, 0.3) is 0 Å². The first-order valence-electron chi connectivity index (χ1n) is 7.44. The van der Waals surface area contributed by atoms with Crippen molar-refractivity contribution in [3.8, 4) is 11.5 Å². The fourth-order valence-electron chi connectivity index (χ4n) is 1.85. The molecule has 2 rings (SSSR count). The largest absolute Gasteiger partial charge is 0.491 e. The molecule has 0 spiro atoms. The lowest BCUT2D eigenvalue weighted by atomic mass is 10.3. The Kier molecular flexibility index (Phi) is 7.29. The Morgan fingerprint density at radius 2 is 1.59 bits per heavy atom. The molecule has 0 fully saturated rings. The molecule has 0 amide bonds. The number of aliphatic hydroxyl groups excluding tert-OH is 1. The van der Waals surface area contributed by atoms with Gasteiger partial charge in [0.25, 0.3) is 0 Å². The third-order valence-electron chi connectivity index (χ3n) is 2.97. The van der Waals surface area contributed by atoms with Crippen molar-refractivity contribution in [1.29, 1.82) is 0 Å². The molecule has 0 saturated carbocycles. The first-order chi connectivity index (χ1) is 10.8. The molecule has 0 bridgehead atoms. The molecule has 1 unspecified atom stereocenters. The SMILES string of the molecule is OC(CNCC[CH]Oc1ccccc1)COc1ccccc1. The number of para-hydroxylation sites is 2. The van der Waals surface area contributed by atoms with Crippen LogP contribution in [-0.2, 0) is 0 Å². The molecule has 1 radical (unpaired) electrons. The van der Waals surface area contributed by atoms with Gasteiger partial charge in [-0.25, -0.2) is 0 Å². The minimum atomic E-state index is -0.532. The lowest BCUT2D eigenvalue weighted by Crippen LogP contribution is -2.32. The number of hydrogen-bond donors (Lipinski definition) is 2. The van der Waals surface area contributed by atoms with Gasteiger partial charge in [0.05, 0.1) is 0 Å². The van der Waals surface area contributed by atoms with Crippen molar-refractivity contribution >= 4 is 0 Å². The summed E-state index contributed by atoms with van der Waals surface area (Å²) in [5.41, 5.74) is 0. The summed E-state index contributed by atoms with van der Waals surface area (Å²) in [4.78, 5) is 0. The molecule has 0 aliphatic rings. The zero-order chi connectivity index (χ0) is 15.5. The topological polar surface area (TPSA) is 50.7 Å². The maximum absolute atomic E-state index is 9.82. The highest BCUT2D eigenvalue weighted by atomic mass is 16.5. The van der Waals surface area contributed by atoms with Crippen LogP contribution in [0.15, 0.2) is 60.7 Å². The molecule has 2 aromatic rings. The van der Waals surface area contributed by atoms with Crippen molar-refractivity contribution in [2.75, 3.05) is 19.7 Å². The third kappa shape index (κ3) is 6.61. The van der Waals surface area contributed by atoms with E-state index in [-0.39, 0.29) is 6.61 Å². The Bertz CT molecular complexity index is 504. The normalized spacial score (nSPS) is 11.9. The summed E-state index contributed by atoms with van der Waals surface area (Å²) < 4.78 is 10.9. The first kappa shape index (κ1) is 16.3. The van der Waals surface area contributed by atoms with Crippen molar-refractivity contribution in [1.82, 2.24) is 5.32 Å². The van der Waals surface area contributed by atoms with Crippen LogP contribution in [0.3, 0.4) is 0 Å². The Labute approximate surface area is 131 Å². The van der Waals surface area contributed by atoms with Gasteiger partial charge in [-0.3, -0.25) is 0 Å². The predicted molar refractivity (Wildman–Crippen MR) is 86.8 cm³/mol. The smallest absolute Gasteiger partial charge is 0.137 e. The zero-order valence-corrected chi connectivity index (χ0v) is 12.5. The molecule has 2 aromatic carbocycles. The lowest BCUT2D eigenvalue weighted by molar-refractivity contribution is 0.106. The van der Waals surface area contributed by atoms with Crippen LogP contribution in [0.1, 0.15) is 6.42 Å². The van der Waals surface area contributed by atoms with Crippen LogP contribution in [0, 0.1) is 6.61 Å². The summed E-state index contributed by atoms with van der Waals surface area (Å²) in [6, 6.07) is 19.1. The molecular formula is C18H22NO3. The van der Waals surface area contributed by atoms with Gasteiger partial charge in [-0.1, -0.05) is 36.4 Å². The zero-order valence-electron chi connectivity index (χ0n) is 12.5. The molecule has 1 atom stereocenters. The van der Waals surface area contributed by atoms with E-state index in [4.69, 9.17) is 9.47 Å². The summed E-state index contributed by atoms with van der Waals surface area (Å²) in [7, 11) is 0. The Balaban J connectivity index is 1.48. The number of benzene rings is 2. The Hall–Kier alpha value is -2.04. The quantitative estimate of drug-likeness (QED) is 0.662. The molecule has 0 aliphatic heterocycles. The molecule has 0 aromatic heterocycles. The summed E-state index contributed by atoms with van der Waals surface area (Å²) >= 11 is 0. The van der Waals surface area contributed by atoms with E-state index in [1.807, 2.05) is 60.7 Å². The van der Waals surface area contributed by atoms with Crippen LogP contribution in [0.2, 0.25) is 0 Å². The molecule has 0 aliphatic carbocycles. The van der Waals surface area contributed by atoms with Crippen LogP contribution in [-0.4, -0.2) is 30.9 Å². The number of hydrogen-bond acceptors (Lipinski definition) is 4. The maximum atomic E-state index is 9.82. The number of aliphatic hydroxyl groups is 1. The van der Waals surface area contributed by atoms with E-state index >= 15 is 0 Å². The monoisotopic (exact) mass is 300 g/mol. The van der Waals surface area contributed by atoms with Crippen molar-refractivity contribution in [2.24, 2.45) is 0 Å². The van der Waals surface area contributed by atoms with Crippen molar-refractivity contribution in [3.05, 3.63) is 67.3 Å². The fraction of sp³-hybridized carbons (Fsp3) is 0.278. The van der Waals surface area contributed by atoms with Gasteiger partial charge in [0.2, 0.25) is 0 Å². The fourth-order valence-corrected chi connectivity index (χ4v) is 1.85. The van der Waals surface area contributed by atoms with Crippen molar-refractivity contribution in [2.45, 2.75) is 12.5 Å². The van der Waals surface area contributed by atoms with Crippen LogP contribution in [0.4, 0.5) is 0 Å². The summed E-state index contributed by atoms with van der Waals surface area (Å²) in [6.07, 6.45) is 0.233. The highest BCUT2D eigenvalue weighted by Crippen LogP contribution is 2.10. The second-order valence-corrected chi connectivity index (χ2v) is 4.87. The van der Waals surface area contributed by atoms with Gasteiger partial charge in [-0.2, -0.15) is 0 Å². The molecule has 117 valence electrons. The van der Waals surface area contributed by atoms with Crippen LogP contribution in [0.5, 0.6) is 11.5 Å². The third-order valence-corrected chi connectivity index (χ3v) is 2.97. The van der Waals surface area contributed by atoms with Gasteiger partial charge >= 0.3 is 0 Å². The minimum absolute atomic E-state index is 0.279. The minimum Gasteiger partial charge on any atom is -0.491 e. The second-order valence-electron chi connectivity index (χ2n) is 4.87. The molecule has 22 heavy (non-hydrogen) atoms. The van der Waals surface area contributed by atoms with Gasteiger partial charge in [0, 0.05) is 13.0 Å². The molecular weight excluding hydrogens is 278 g/mol. The van der Waals surface area contributed by atoms with E-state index in [9.17, 15) is 5.11 Å². The standard InChI is InChI=1S/C18H22NO3/c20-16(15-22-18-10-5-2-6-11-18)14-19-12-7-13-21-17-8-3-1-4-9-17/h1-6,8-11,13,16,19-20H,7,12,14-15H2. The Morgan fingerprint density at radius 1 is 0.955 bits per heavy atom. The van der Waals surface area contributed by atoms with Gasteiger partial charge in [-0.05, 0) is 30.8 Å². The molecule has 4 nitrogen and oxygen atoms in total. The van der Waals surface area contributed by atoms with E-state index in [1.165, 1.54) is 0 Å². The summed E-state index contributed by atoms with van der Waals surface area (Å²) in [6.45, 7) is 3.28. The first-order valence-corrected chi connectivity index (χ1v) is 7.44. The van der Waals surface area contributed by atoms with E-state index in [2.05, 4.69) is 5.32 Å². The summed E-state index contributed by atoms with van der Waals surface area (Å²) in [5.74, 6) is 1.60. The van der Waals surface area contributed by atoms with E-state index in [0.717, 1.165) is 24.5 Å². The van der Waals surface area contributed by atoms with Gasteiger partial charge in [0.15, 0.2) is 0 Å². The second kappa shape index (κ2) is 9.82. The van der Waals surface area contributed by atoms with Gasteiger partial charge in [-0.15, -0.1) is 0 Å². The van der Waals surface area contributed by atoms with Crippen LogP contribution < -0.4 is 14.8 Å². The molecule has 0 saturated heterocycles. The number of ether oxygens (including phenoxy) is 2. The molecule has 2 N–H and O–H groups in total. The highest BCUT2D eigenvalue weighted by molar-refractivity contribution is 5.21. The highest BCUT2D eigenvalue weighted by Gasteiger charge is 2.04. The number of rotatable bonds is 10. The van der Waals surface area contributed by atoms with Gasteiger partial charge < -0.3 is 19.9 Å². The maximum Gasteiger partial charge on any atom is 0.137 e. The lowest BCUT2D eigenvalue weighted by Gasteiger charge is -2.13. The van der Waals surface area contributed by atoms with Crippen LogP contribution >= 0.6 is 0 Å².